The molecule has 0 aliphatic rings. The van der Waals surface area contributed by atoms with Crippen LogP contribution in [0, 0.1) is 13.8 Å². The molecule has 2 nitrogen and oxygen atoms in total. The molecule has 0 spiro atoms. The summed E-state index contributed by atoms with van der Waals surface area (Å²) in [4.78, 5) is 7.40. The van der Waals surface area contributed by atoms with Gasteiger partial charge >= 0.3 is 0 Å². The monoisotopic (exact) mass is 288 g/mol. The first-order valence-electron chi connectivity index (χ1n) is 6.32. The highest BCUT2D eigenvalue weighted by molar-refractivity contribution is 7.22. The molecule has 0 radical (unpaired) electrons. The molecule has 0 saturated carbocycles. The molecule has 0 saturated heterocycles. The lowest BCUT2D eigenvalue weighted by molar-refractivity contribution is 0.905. The van der Waals surface area contributed by atoms with Crippen LogP contribution in [0.5, 0.6) is 0 Å². The minimum Gasteiger partial charge on any atom is -0.354 e. The van der Waals surface area contributed by atoms with E-state index in [9.17, 15) is 0 Å². The van der Waals surface area contributed by atoms with Crippen molar-refractivity contribution in [3.05, 3.63) is 45.6 Å². The number of hydrogen-bond donors (Lipinski definition) is 1. The van der Waals surface area contributed by atoms with Gasteiger partial charge in [0.1, 0.15) is 0 Å². The first-order chi connectivity index (χ1) is 9.13. The summed E-state index contributed by atoms with van der Waals surface area (Å²) in [5.74, 6) is 0. The molecule has 0 fully saturated rings. The molecule has 0 aliphatic heterocycles. The number of thiophene rings is 1. The maximum atomic E-state index is 4.70. The van der Waals surface area contributed by atoms with Crippen molar-refractivity contribution in [2.75, 3.05) is 5.32 Å². The van der Waals surface area contributed by atoms with E-state index < -0.39 is 0 Å². The molecule has 1 atom stereocenters. The van der Waals surface area contributed by atoms with Gasteiger partial charge in [0.25, 0.3) is 0 Å². The van der Waals surface area contributed by atoms with Gasteiger partial charge in [-0.3, -0.25) is 0 Å². The highest BCUT2D eigenvalue weighted by atomic mass is 32.1. The molecule has 98 valence electrons. The van der Waals surface area contributed by atoms with Gasteiger partial charge in [-0.05, 0) is 44.5 Å². The van der Waals surface area contributed by atoms with Gasteiger partial charge < -0.3 is 5.32 Å². The summed E-state index contributed by atoms with van der Waals surface area (Å²) in [5.41, 5.74) is 2.35. The number of para-hydroxylation sites is 1. The zero-order valence-corrected chi connectivity index (χ0v) is 12.9. The van der Waals surface area contributed by atoms with Crippen LogP contribution in [0.3, 0.4) is 0 Å². The number of nitrogens with one attached hydrogen (secondary N) is 1. The zero-order valence-electron chi connectivity index (χ0n) is 11.2. The van der Waals surface area contributed by atoms with Crippen molar-refractivity contribution in [3.8, 4) is 0 Å². The van der Waals surface area contributed by atoms with E-state index in [1.807, 2.05) is 11.3 Å². The van der Waals surface area contributed by atoms with E-state index in [2.05, 4.69) is 56.4 Å². The zero-order chi connectivity index (χ0) is 13.4. The van der Waals surface area contributed by atoms with Crippen molar-refractivity contribution in [1.82, 2.24) is 4.98 Å². The third-order valence-corrected chi connectivity index (χ3v) is 5.28. The van der Waals surface area contributed by atoms with Gasteiger partial charge in [0, 0.05) is 9.75 Å². The average Bonchev–Trinajstić information content (AvgIpc) is 2.96. The number of thiazole rings is 1. The molecule has 3 rings (SSSR count). The van der Waals surface area contributed by atoms with Gasteiger partial charge in [0.15, 0.2) is 5.13 Å². The second-order valence-electron chi connectivity index (χ2n) is 4.76. The van der Waals surface area contributed by atoms with Gasteiger partial charge in [-0.15, -0.1) is 11.3 Å². The number of benzene rings is 1. The number of hydrogen-bond acceptors (Lipinski definition) is 4. The topological polar surface area (TPSA) is 24.9 Å². The van der Waals surface area contributed by atoms with Crippen molar-refractivity contribution < 1.29 is 0 Å². The maximum absolute atomic E-state index is 4.70. The Labute approximate surface area is 121 Å². The van der Waals surface area contributed by atoms with Crippen LogP contribution in [0.2, 0.25) is 0 Å². The van der Waals surface area contributed by atoms with Crippen LogP contribution in [0.1, 0.15) is 28.3 Å². The van der Waals surface area contributed by atoms with Gasteiger partial charge in [-0.2, -0.15) is 0 Å². The van der Waals surface area contributed by atoms with Crippen molar-refractivity contribution in [2.45, 2.75) is 26.8 Å². The highest BCUT2D eigenvalue weighted by Crippen LogP contribution is 2.31. The smallest absolute Gasteiger partial charge is 0.184 e. The number of rotatable bonds is 3. The average molecular weight is 288 g/mol. The maximum Gasteiger partial charge on any atom is 0.184 e. The molecular formula is C15H16N2S2. The molecule has 0 aliphatic carbocycles. The lowest BCUT2D eigenvalue weighted by Gasteiger charge is -2.10. The molecule has 4 heteroatoms. The molecule has 19 heavy (non-hydrogen) atoms. The molecule has 1 N–H and O–H groups in total. The first-order valence-corrected chi connectivity index (χ1v) is 7.96. The number of nitrogens with zero attached hydrogens (tertiary/aromatic N) is 1. The fourth-order valence-electron chi connectivity index (χ4n) is 2.09. The van der Waals surface area contributed by atoms with Crippen LogP contribution in [0.25, 0.3) is 10.2 Å². The Bertz CT molecular complexity index is 712. The molecular weight excluding hydrogens is 272 g/mol. The van der Waals surface area contributed by atoms with E-state index in [0.29, 0.717) is 6.04 Å². The van der Waals surface area contributed by atoms with E-state index >= 15 is 0 Å². The van der Waals surface area contributed by atoms with Crippen LogP contribution in [0.4, 0.5) is 5.13 Å². The number of fused-ring (bicyclic) bond motifs is 1. The fourth-order valence-corrected chi connectivity index (χ4v) is 4.00. The minimum atomic E-state index is 0.305. The molecule has 0 bridgehead atoms. The van der Waals surface area contributed by atoms with E-state index in [-0.39, 0.29) is 0 Å². The van der Waals surface area contributed by atoms with Gasteiger partial charge in [-0.1, -0.05) is 23.5 Å². The Morgan fingerprint density at radius 1 is 1.11 bits per heavy atom. The Balaban J connectivity index is 1.87. The number of aryl methyl sites for hydroxylation is 2. The Kier molecular flexibility index (Phi) is 3.29. The molecule has 2 heterocycles. The van der Waals surface area contributed by atoms with Crippen molar-refractivity contribution in [1.29, 1.82) is 0 Å². The normalized spacial score (nSPS) is 12.8. The van der Waals surface area contributed by atoms with Gasteiger partial charge in [0.05, 0.1) is 16.3 Å². The van der Waals surface area contributed by atoms with Crippen molar-refractivity contribution in [3.63, 3.8) is 0 Å². The minimum absolute atomic E-state index is 0.305. The summed E-state index contributed by atoms with van der Waals surface area (Å²) in [6.45, 7) is 6.43. The van der Waals surface area contributed by atoms with Crippen LogP contribution in [-0.4, -0.2) is 4.98 Å². The summed E-state index contributed by atoms with van der Waals surface area (Å²) < 4.78 is 1.25. The van der Waals surface area contributed by atoms with Crippen LogP contribution in [-0.2, 0) is 0 Å². The highest BCUT2D eigenvalue weighted by Gasteiger charge is 2.11. The first kappa shape index (κ1) is 12.6. The number of anilines is 1. The molecule has 3 aromatic rings. The standard InChI is InChI=1S/C15H16N2S2/c1-9-5-4-6-13-14(9)17-15(19-13)16-11(3)12-8-7-10(2)18-12/h4-8,11H,1-3H3,(H,16,17). The summed E-state index contributed by atoms with van der Waals surface area (Å²) in [6, 6.07) is 11.0. The lowest BCUT2D eigenvalue weighted by Crippen LogP contribution is -2.04. The Morgan fingerprint density at radius 2 is 1.95 bits per heavy atom. The van der Waals surface area contributed by atoms with Crippen molar-refractivity contribution >= 4 is 38.0 Å². The largest absolute Gasteiger partial charge is 0.354 e. The SMILES string of the molecule is Cc1ccc(C(C)Nc2nc3c(C)cccc3s2)s1. The van der Waals surface area contributed by atoms with Crippen molar-refractivity contribution in [2.24, 2.45) is 0 Å². The van der Waals surface area contributed by atoms with E-state index in [1.54, 1.807) is 11.3 Å². The van der Waals surface area contributed by atoms with E-state index in [1.165, 1.54) is 20.0 Å². The summed E-state index contributed by atoms with van der Waals surface area (Å²) in [5, 5.41) is 4.51. The quantitative estimate of drug-likeness (QED) is 0.721. The summed E-state index contributed by atoms with van der Waals surface area (Å²) in [7, 11) is 0. The van der Waals surface area contributed by atoms with E-state index in [4.69, 9.17) is 4.98 Å². The van der Waals surface area contributed by atoms with E-state index in [0.717, 1.165) is 10.6 Å². The second kappa shape index (κ2) is 4.94. The summed E-state index contributed by atoms with van der Waals surface area (Å²) >= 11 is 3.56. The van der Waals surface area contributed by atoms with Crippen LogP contribution >= 0.6 is 22.7 Å². The van der Waals surface area contributed by atoms with Gasteiger partial charge in [-0.25, -0.2) is 4.98 Å². The van der Waals surface area contributed by atoms with Crippen LogP contribution < -0.4 is 5.32 Å². The molecule has 1 aromatic carbocycles. The molecule has 2 aromatic heterocycles. The lowest BCUT2D eigenvalue weighted by atomic mass is 10.2. The predicted octanol–water partition coefficient (Wildman–Crippen LogP) is 5.15. The predicted molar refractivity (Wildman–Crippen MR) is 85.5 cm³/mol. The molecule has 1 unspecified atom stereocenters. The van der Waals surface area contributed by atoms with Gasteiger partial charge in [0.2, 0.25) is 0 Å². The Hall–Kier alpha value is -1.39. The second-order valence-corrected chi connectivity index (χ2v) is 7.11. The fraction of sp³-hybridized carbons (Fsp3) is 0.267. The summed E-state index contributed by atoms with van der Waals surface area (Å²) in [6.07, 6.45) is 0. The Morgan fingerprint density at radius 3 is 2.63 bits per heavy atom. The molecule has 0 amide bonds. The van der Waals surface area contributed by atoms with Crippen LogP contribution in [0.15, 0.2) is 30.3 Å². The third-order valence-electron chi connectivity index (χ3n) is 3.15. The third kappa shape index (κ3) is 2.51. The number of aromatic nitrogens is 1.